The summed E-state index contributed by atoms with van der Waals surface area (Å²) in [7, 11) is 1.62. The number of amides is 1. The van der Waals surface area contributed by atoms with Crippen molar-refractivity contribution in [1.82, 2.24) is 5.32 Å². The number of nitrogens with one attached hydrogen (secondary N) is 2. The van der Waals surface area contributed by atoms with E-state index in [-0.39, 0.29) is 11.3 Å². The summed E-state index contributed by atoms with van der Waals surface area (Å²) in [6, 6.07) is 15.0. The van der Waals surface area contributed by atoms with Crippen LogP contribution in [0.1, 0.15) is 36.7 Å². The molecule has 0 aliphatic carbocycles. The average Bonchev–Trinajstić information content (AvgIpc) is 2.54. The van der Waals surface area contributed by atoms with Crippen molar-refractivity contribution in [3.8, 4) is 5.75 Å². The van der Waals surface area contributed by atoms with Crippen LogP contribution in [-0.4, -0.2) is 13.0 Å². The Bertz CT molecular complexity index is 711. The molecule has 2 aromatic carbocycles. The lowest BCUT2D eigenvalue weighted by Crippen LogP contribution is -2.26. The van der Waals surface area contributed by atoms with Gasteiger partial charge in [-0.3, -0.25) is 4.79 Å². The SMILES string of the molecule is C=C(NC(=O)c1ccc(C(C)(C)C)cc1)Nc1ccc(OC)cc1. The van der Waals surface area contributed by atoms with E-state index in [0.717, 1.165) is 11.4 Å². The normalized spacial score (nSPS) is 10.8. The zero-order valence-corrected chi connectivity index (χ0v) is 14.6. The molecule has 0 saturated carbocycles. The molecule has 2 rings (SSSR count). The molecule has 0 spiro atoms. The summed E-state index contributed by atoms with van der Waals surface area (Å²) >= 11 is 0. The van der Waals surface area contributed by atoms with Gasteiger partial charge < -0.3 is 15.4 Å². The number of benzene rings is 2. The van der Waals surface area contributed by atoms with Gasteiger partial charge in [0.2, 0.25) is 0 Å². The monoisotopic (exact) mass is 324 g/mol. The van der Waals surface area contributed by atoms with Gasteiger partial charge in [-0.2, -0.15) is 0 Å². The average molecular weight is 324 g/mol. The molecule has 2 N–H and O–H groups in total. The Hall–Kier alpha value is -2.75. The first-order valence-corrected chi connectivity index (χ1v) is 7.81. The molecule has 0 aliphatic heterocycles. The number of methoxy groups -OCH3 is 1. The maximum Gasteiger partial charge on any atom is 0.256 e. The fourth-order valence-corrected chi connectivity index (χ4v) is 2.21. The fraction of sp³-hybridized carbons (Fsp3) is 0.250. The second kappa shape index (κ2) is 7.21. The topological polar surface area (TPSA) is 50.4 Å². The van der Waals surface area contributed by atoms with Crippen LogP contribution >= 0.6 is 0 Å². The molecular formula is C20H24N2O2. The molecule has 126 valence electrons. The maximum atomic E-state index is 12.3. The minimum absolute atomic E-state index is 0.0640. The summed E-state index contributed by atoms with van der Waals surface area (Å²) in [6.07, 6.45) is 0. The molecule has 0 fully saturated rings. The van der Waals surface area contributed by atoms with Crippen LogP contribution in [-0.2, 0) is 5.41 Å². The smallest absolute Gasteiger partial charge is 0.256 e. The van der Waals surface area contributed by atoms with E-state index in [2.05, 4.69) is 38.0 Å². The van der Waals surface area contributed by atoms with Crippen LogP contribution in [0.3, 0.4) is 0 Å². The maximum absolute atomic E-state index is 12.3. The van der Waals surface area contributed by atoms with Gasteiger partial charge in [-0.25, -0.2) is 0 Å². The summed E-state index contributed by atoms with van der Waals surface area (Å²) in [5.74, 6) is 1.00. The minimum Gasteiger partial charge on any atom is -0.497 e. The van der Waals surface area contributed by atoms with E-state index in [1.165, 1.54) is 5.56 Å². The summed E-state index contributed by atoms with van der Waals surface area (Å²) in [5, 5.41) is 5.80. The zero-order valence-electron chi connectivity index (χ0n) is 14.6. The van der Waals surface area contributed by atoms with Gasteiger partial charge in [0.25, 0.3) is 5.91 Å². The fourth-order valence-electron chi connectivity index (χ4n) is 2.21. The Morgan fingerprint density at radius 2 is 1.58 bits per heavy atom. The second-order valence-corrected chi connectivity index (χ2v) is 6.61. The molecule has 0 bridgehead atoms. The number of hydrogen-bond acceptors (Lipinski definition) is 3. The van der Waals surface area contributed by atoms with Crippen LogP contribution < -0.4 is 15.4 Å². The number of anilines is 1. The van der Waals surface area contributed by atoms with Crippen molar-refractivity contribution in [1.29, 1.82) is 0 Å². The van der Waals surface area contributed by atoms with E-state index in [9.17, 15) is 4.79 Å². The molecule has 4 nitrogen and oxygen atoms in total. The van der Waals surface area contributed by atoms with E-state index in [1.54, 1.807) is 7.11 Å². The van der Waals surface area contributed by atoms with Crippen molar-refractivity contribution in [3.05, 3.63) is 72.1 Å². The number of ether oxygens (including phenoxy) is 1. The molecule has 0 saturated heterocycles. The van der Waals surface area contributed by atoms with Crippen molar-refractivity contribution < 1.29 is 9.53 Å². The Kier molecular flexibility index (Phi) is 5.29. The third kappa shape index (κ3) is 4.62. The van der Waals surface area contributed by atoms with Crippen LogP contribution in [0.15, 0.2) is 60.9 Å². The highest BCUT2D eigenvalue weighted by atomic mass is 16.5. The standard InChI is InChI=1S/C20H24N2O2/c1-14(21-17-10-12-18(24-5)13-11-17)22-19(23)15-6-8-16(9-7-15)20(2,3)4/h6-13,21H,1H2,2-5H3,(H,22,23). The van der Waals surface area contributed by atoms with Crippen LogP contribution in [0.4, 0.5) is 5.69 Å². The Labute approximate surface area is 143 Å². The number of hydrogen-bond donors (Lipinski definition) is 2. The quantitative estimate of drug-likeness (QED) is 0.862. The summed E-state index contributed by atoms with van der Waals surface area (Å²) < 4.78 is 5.11. The molecule has 0 heterocycles. The lowest BCUT2D eigenvalue weighted by Gasteiger charge is -2.19. The third-order valence-corrected chi connectivity index (χ3v) is 3.66. The zero-order chi connectivity index (χ0) is 17.7. The van der Waals surface area contributed by atoms with Crippen molar-refractivity contribution in [3.63, 3.8) is 0 Å². The second-order valence-electron chi connectivity index (χ2n) is 6.61. The van der Waals surface area contributed by atoms with Crippen LogP contribution in [0.2, 0.25) is 0 Å². The van der Waals surface area contributed by atoms with Crippen LogP contribution in [0.25, 0.3) is 0 Å². The predicted octanol–water partition coefficient (Wildman–Crippen LogP) is 4.31. The van der Waals surface area contributed by atoms with E-state index >= 15 is 0 Å². The molecule has 0 unspecified atom stereocenters. The predicted molar refractivity (Wildman–Crippen MR) is 98.4 cm³/mol. The molecule has 0 aromatic heterocycles. The first kappa shape index (κ1) is 17.6. The highest BCUT2D eigenvalue weighted by molar-refractivity contribution is 5.95. The number of rotatable bonds is 5. The van der Waals surface area contributed by atoms with Crippen molar-refractivity contribution in [2.75, 3.05) is 12.4 Å². The van der Waals surface area contributed by atoms with Gasteiger partial charge in [0.15, 0.2) is 0 Å². The van der Waals surface area contributed by atoms with Crippen LogP contribution in [0, 0.1) is 0 Å². The molecule has 0 radical (unpaired) electrons. The highest BCUT2D eigenvalue weighted by Crippen LogP contribution is 2.22. The largest absolute Gasteiger partial charge is 0.497 e. The van der Waals surface area contributed by atoms with Crippen molar-refractivity contribution in [2.24, 2.45) is 0 Å². The molecule has 0 atom stereocenters. The van der Waals surface area contributed by atoms with Gasteiger partial charge in [-0.1, -0.05) is 39.5 Å². The van der Waals surface area contributed by atoms with E-state index in [4.69, 9.17) is 4.74 Å². The molecule has 1 amide bonds. The van der Waals surface area contributed by atoms with Gasteiger partial charge in [-0.05, 0) is 47.4 Å². The first-order chi connectivity index (χ1) is 11.3. The lowest BCUT2D eigenvalue weighted by molar-refractivity contribution is 0.0966. The molecule has 24 heavy (non-hydrogen) atoms. The highest BCUT2D eigenvalue weighted by Gasteiger charge is 2.14. The van der Waals surface area contributed by atoms with Crippen molar-refractivity contribution >= 4 is 11.6 Å². The van der Waals surface area contributed by atoms with Crippen LogP contribution in [0.5, 0.6) is 5.75 Å². The van der Waals surface area contributed by atoms with E-state index < -0.39 is 0 Å². The Morgan fingerprint density at radius 1 is 1.00 bits per heavy atom. The van der Waals surface area contributed by atoms with E-state index in [1.807, 2.05) is 48.5 Å². The lowest BCUT2D eigenvalue weighted by atomic mass is 9.87. The number of carbonyl (C=O) groups is 1. The molecular weight excluding hydrogens is 300 g/mol. The summed E-state index contributed by atoms with van der Waals surface area (Å²) in [6.45, 7) is 10.3. The summed E-state index contributed by atoms with van der Waals surface area (Å²) in [4.78, 5) is 12.3. The van der Waals surface area contributed by atoms with Gasteiger partial charge in [-0.15, -0.1) is 0 Å². The molecule has 2 aromatic rings. The summed E-state index contributed by atoms with van der Waals surface area (Å²) in [5.41, 5.74) is 2.67. The molecule has 4 heteroatoms. The first-order valence-electron chi connectivity index (χ1n) is 7.81. The van der Waals surface area contributed by atoms with E-state index in [0.29, 0.717) is 11.4 Å². The Balaban J connectivity index is 1.96. The van der Waals surface area contributed by atoms with Gasteiger partial charge in [0.05, 0.1) is 7.11 Å². The Morgan fingerprint density at radius 3 is 2.08 bits per heavy atom. The van der Waals surface area contributed by atoms with Gasteiger partial charge in [0, 0.05) is 11.3 Å². The van der Waals surface area contributed by atoms with Gasteiger partial charge >= 0.3 is 0 Å². The molecule has 0 aliphatic rings. The number of carbonyl (C=O) groups excluding carboxylic acids is 1. The minimum atomic E-state index is -0.193. The van der Waals surface area contributed by atoms with Crippen molar-refractivity contribution in [2.45, 2.75) is 26.2 Å². The third-order valence-electron chi connectivity index (χ3n) is 3.66. The van der Waals surface area contributed by atoms with Gasteiger partial charge in [0.1, 0.15) is 11.6 Å².